The van der Waals surface area contributed by atoms with E-state index in [-0.39, 0.29) is 18.3 Å². The molecule has 2 atom stereocenters. The van der Waals surface area contributed by atoms with Crippen molar-refractivity contribution in [2.24, 2.45) is 10.3 Å². The second-order valence-corrected chi connectivity index (χ2v) is 6.32. The number of nitrogens with zero attached hydrogens (tertiary/aromatic N) is 4. The van der Waals surface area contributed by atoms with E-state index in [4.69, 9.17) is 0 Å². The molecule has 0 aromatic heterocycles. The van der Waals surface area contributed by atoms with Crippen molar-refractivity contribution in [2.45, 2.75) is 32.0 Å². The van der Waals surface area contributed by atoms with Crippen LogP contribution >= 0.6 is 0 Å². The molecule has 2 heterocycles. The first-order valence-corrected chi connectivity index (χ1v) is 8.47. The van der Waals surface area contributed by atoms with Crippen LogP contribution in [0.1, 0.15) is 18.1 Å². The second kappa shape index (κ2) is 6.33. The van der Waals surface area contributed by atoms with Crippen molar-refractivity contribution in [2.75, 3.05) is 4.90 Å². The van der Waals surface area contributed by atoms with E-state index >= 15 is 0 Å². The zero-order valence-electron chi connectivity index (χ0n) is 14.2. The molecule has 0 bridgehead atoms. The molecule has 0 radical (unpaired) electrons. The molecule has 7 heteroatoms. The average molecular weight is 352 g/mol. The Morgan fingerprint density at radius 3 is 2.46 bits per heavy atom. The van der Waals surface area contributed by atoms with Crippen LogP contribution in [-0.2, 0) is 22.6 Å². The highest BCUT2D eigenvalue weighted by Gasteiger charge is 2.54. The highest BCUT2D eigenvalue weighted by molar-refractivity contribution is 6.25. The monoisotopic (exact) mass is 352 g/mol. The van der Waals surface area contributed by atoms with E-state index < -0.39 is 18.0 Å². The fourth-order valence-electron chi connectivity index (χ4n) is 3.29. The lowest BCUT2D eigenvalue weighted by molar-refractivity contribution is -0.123. The van der Waals surface area contributed by atoms with Gasteiger partial charge >= 0.3 is 0 Å². The zero-order valence-corrected chi connectivity index (χ0v) is 14.2. The standard InChI is InChI=1S/C19H17FN4O2/c1-2-12-7-9-14(10-8-12)24-18(25)16-17(19(24)26)23(22-21-16)11-13-5-3-4-6-15(13)20/h3-10,16-17H,2,11H2,1H3. The van der Waals surface area contributed by atoms with Gasteiger partial charge in [0.15, 0.2) is 12.1 Å². The van der Waals surface area contributed by atoms with Gasteiger partial charge in [-0.05, 0) is 30.2 Å². The quantitative estimate of drug-likeness (QED) is 0.795. The second-order valence-electron chi connectivity index (χ2n) is 6.32. The number of carbonyl (C=O) groups excluding carboxylic acids is 2. The minimum absolute atomic E-state index is 0.0823. The molecule has 6 nitrogen and oxygen atoms in total. The third-order valence-corrected chi connectivity index (χ3v) is 4.75. The van der Waals surface area contributed by atoms with E-state index in [1.807, 2.05) is 19.1 Å². The van der Waals surface area contributed by atoms with Crippen molar-refractivity contribution in [3.8, 4) is 0 Å². The van der Waals surface area contributed by atoms with E-state index in [1.165, 1.54) is 11.1 Å². The zero-order chi connectivity index (χ0) is 18.3. The van der Waals surface area contributed by atoms with Crippen LogP contribution < -0.4 is 4.90 Å². The summed E-state index contributed by atoms with van der Waals surface area (Å²) in [5, 5.41) is 9.29. The van der Waals surface area contributed by atoms with E-state index in [0.717, 1.165) is 16.9 Å². The summed E-state index contributed by atoms with van der Waals surface area (Å²) in [6.45, 7) is 2.12. The predicted molar refractivity (Wildman–Crippen MR) is 92.7 cm³/mol. The molecule has 2 aliphatic rings. The fourth-order valence-corrected chi connectivity index (χ4v) is 3.29. The molecule has 2 unspecified atom stereocenters. The summed E-state index contributed by atoms with van der Waals surface area (Å²) in [7, 11) is 0. The van der Waals surface area contributed by atoms with Crippen LogP contribution in [0.15, 0.2) is 58.9 Å². The number of anilines is 1. The topological polar surface area (TPSA) is 65.3 Å². The van der Waals surface area contributed by atoms with Crippen molar-refractivity contribution in [1.29, 1.82) is 0 Å². The summed E-state index contributed by atoms with van der Waals surface area (Å²) >= 11 is 0. The summed E-state index contributed by atoms with van der Waals surface area (Å²) in [5.41, 5.74) is 2.04. The maximum absolute atomic E-state index is 13.9. The first-order chi connectivity index (χ1) is 12.6. The SMILES string of the molecule is CCc1ccc(N2C(=O)C3N=NN(Cc4ccccc4F)C3C2=O)cc1. The number of benzene rings is 2. The molecule has 2 aromatic rings. The van der Waals surface area contributed by atoms with E-state index in [2.05, 4.69) is 10.3 Å². The lowest BCUT2D eigenvalue weighted by atomic mass is 10.1. The molecule has 1 saturated heterocycles. The van der Waals surface area contributed by atoms with Crippen LogP contribution in [0.4, 0.5) is 10.1 Å². The maximum atomic E-state index is 13.9. The number of amides is 2. The summed E-state index contributed by atoms with van der Waals surface area (Å²) in [4.78, 5) is 26.7. The van der Waals surface area contributed by atoms with Crippen LogP contribution in [-0.4, -0.2) is 28.9 Å². The molecule has 26 heavy (non-hydrogen) atoms. The molecule has 0 saturated carbocycles. The first kappa shape index (κ1) is 16.4. The lowest BCUT2D eigenvalue weighted by Crippen LogP contribution is -2.39. The van der Waals surface area contributed by atoms with Gasteiger partial charge in [-0.2, -0.15) is 5.11 Å². The van der Waals surface area contributed by atoms with E-state index in [9.17, 15) is 14.0 Å². The molecular formula is C19H17FN4O2. The van der Waals surface area contributed by atoms with Gasteiger partial charge in [-0.15, -0.1) is 0 Å². The van der Waals surface area contributed by atoms with Crippen molar-refractivity contribution in [3.63, 3.8) is 0 Å². The summed E-state index contributed by atoms with van der Waals surface area (Å²) in [6.07, 6.45) is 0.873. The maximum Gasteiger partial charge on any atom is 0.263 e. The van der Waals surface area contributed by atoms with Crippen molar-refractivity contribution in [1.82, 2.24) is 5.01 Å². The fraction of sp³-hybridized carbons (Fsp3) is 0.263. The smallest absolute Gasteiger partial charge is 0.263 e. The molecule has 0 spiro atoms. The molecule has 0 aliphatic carbocycles. The minimum atomic E-state index is -0.875. The molecule has 2 aromatic carbocycles. The Balaban J connectivity index is 1.60. The van der Waals surface area contributed by atoms with Gasteiger partial charge in [0, 0.05) is 5.56 Å². The minimum Gasteiger partial charge on any atom is -0.271 e. The summed E-state index contributed by atoms with van der Waals surface area (Å²) < 4.78 is 13.9. The number of rotatable bonds is 4. The van der Waals surface area contributed by atoms with Crippen LogP contribution in [0, 0.1) is 5.82 Å². The van der Waals surface area contributed by atoms with Gasteiger partial charge in [0.05, 0.1) is 12.2 Å². The van der Waals surface area contributed by atoms with E-state index in [1.54, 1.807) is 30.3 Å². The normalized spacial score (nSPS) is 21.6. The molecule has 2 amide bonds. The molecule has 4 rings (SSSR count). The number of imide groups is 1. The summed E-state index contributed by atoms with van der Waals surface area (Å²) in [5.74, 6) is -1.16. The van der Waals surface area contributed by atoms with Crippen LogP contribution in [0.3, 0.4) is 0 Å². The number of hydrogen-bond acceptors (Lipinski definition) is 5. The highest BCUT2D eigenvalue weighted by Crippen LogP contribution is 2.33. The van der Waals surface area contributed by atoms with Crippen LogP contribution in [0.25, 0.3) is 0 Å². The van der Waals surface area contributed by atoms with Crippen molar-refractivity contribution >= 4 is 17.5 Å². The van der Waals surface area contributed by atoms with Gasteiger partial charge in [0.2, 0.25) is 0 Å². The molecule has 2 aliphatic heterocycles. The Hall–Kier alpha value is -3.09. The van der Waals surface area contributed by atoms with Gasteiger partial charge in [0.1, 0.15) is 5.82 Å². The van der Waals surface area contributed by atoms with Gasteiger partial charge in [0.25, 0.3) is 11.8 Å². The van der Waals surface area contributed by atoms with Gasteiger partial charge in [-0.25, -0.2) is 9.29 Å². The number of carbonyl (C=O) groups is 2. The molecular weight excluding hydrogens is 335 g/mol. The predicted octanol–water partition coefficient (Wildman–Crippen LogP) is 2.88. The summed E-state index contributed by atoms with van der Waals surface area (Å²) in [6, 6.07) is 11.9. The number of aryl methyl sites for hydroxylation is 1. The highest BCUT2D eigenvalue weighted by atomic mass is 19.1. The third-order valence-electron chi connectivity index (χ3n) is 4.75. The number of fused-ring (bicyclic) bond motifs is 1. The van der Waals surface area contributed by atoms with Gasteiger partial charge in [-0.3, -0.25) is 14.6 Å². The average Bonchev–Trinajstić information content (AvgIpc) is 3.17. The Morgan fingerprint density at radius 1 is 1.04 bits per heavy atom. The lowest BCUT2D eigenvalue weighted by Gasteiger charge is -2.21. The Morgan fingerprint density at radius 2 is 1.77 bits per heavy atom. The Bertz CT molecular complexity index is 897. The van der Waals surface area contributed by atoms with Crippen molar-refractivity contribution < 1.29 is 14.0 Å². The molecule has 132 valence electrons. The van der Waals surface area contributed by atoms with Gasteiger partial charge in [-0.1, -0.05) is 42.5 Å². The Labute approximate surface area is 149 Å². The van der Waals surface area contributed by atoms with E-state index in [0.29, 0.717) is 11.3 Å². The molecule has 1 fully saturated rings. The van der Waals surface area contributed by atoms with Crippen LogP contribution in [0.2, 0.25) is 0 Å². The van der Waals surface area contributed by atoms with Crippen molar-refractivity contribution in [3.05, 3.63) is 65.5 Å². The van der Waals surface area contributed by atoms with Gasteiger partial charge < -0.3 is 0 Å². The largest absolute Gasteiger partial charge is 0.271 e. The molecule has 0 N–H and O–H groups in total. The number of hydrogen-bond donors (Lipinski definition) is 0. The Kier molecular flexibility index (Phi) is 3.99. The van der Waals surface area contributed by atoms with Crippen LogP contribution in [0.5, 0.6) is 0 Å². The number of halogens is 1. The third kappa shape index (κ3) is 2.56. The first-order valence-electron chi connectivity index (χ1n) is 8.47.